The van der Waals surface area contributed by atoms with E-state index < -0.39 is 23.2 Å². The number of nitrogens with zero attached hydrogens (tertiary/aromatic N) is 2. The number of hydrogen-bond donors (Lipinski definition) is 0. The van der Waals surface area contributed by atoms with Gasteiger partial charge < -0.3 is 14.4 Å². The Morgan fingerprint density at radius 3 is 2.39 bits per heavy atom. The third-order valence-corrected chi connectivity index (χ3v) is 6.76. The summed E-state index contributed by atoms with van der Waals surface area (Å²) in [6.07, 6.45) is 5.87. The SMILES string of the molecule is [2H]C([2H])(OCCc1ccc(C=Cc2ccc(N(C)C)cc2)cn1)C([2H])([2H])Oc1cccc(S(=O)(=O)OCC)c1C. The van der Waals surface area contributed by atoms with Crippen molar-refractivity contribution >= 4 is 28.0 Å². The molecule has 0 radical (unpaired) electrons. The van der Waals surface area contributed by atoms with Crippen LogP contribution in [0.4, 0.5) is 5.69 Å². The summed E-state index contributed by atoms with van der Waals surface area (Å²) >= 11 is 0. The van der Waals surface area contributed by atoms with E-state index in [1.807, 2.05) is 61.5 Å². The molecule has 8 heteroatoms. The molecule has 3 rings (SSSR count). The molecule has 0 unspecified atom stereocenters. The van der Waals surface area contributed by atoms with E-state index in [1.165, 1.54) is 32.0 Å². The van der Waals surface area contributed by atoms with Crippen molar-refractivity contribution in [3.63, 3.8) is 0 Å². The van der Waals surface area contributed by atoms with Crippen LogP contribution in [0.1, 0.15) is 34.8 Å². The fourth-order valence-corrected chi connectivity index (χ4v) is 4.42. The Kier molecular flexibility index (Phi) is 8.08. The molecular formula is C28H34N2O5S. The minimum Gasteiger partial charge on any atom is -0.491 e. The average molecular weight is 515 g/mol. The Balaban J connectivity index is 1.59. The van der Waals surface area contributed by atoms with Gasteiger partial charge in [0.15, 0.2) is 0 Å². The molecule has 36 heavy (non-hydrogen) atoms. The average Bonchev–Trinajstić information content (AvgIpc) is 2.89. The normalized spacial score (nSPS) is 14.1. The number of rotatable bonds is 13. The van der Waals surface area contributed by atoms with Gasteiger partial charge in [0.1, 0.15) is 17.2 Å². The zero-order valence-electron chi connectivity index (χ0n) is 24.9. The number of benzene rings is 2. The molecule has 2 aromatic carbocycles. The molecule has 1 heterocycles. The molecule has 0 atom stereocenters. The predicted molar refractivity (Wildman–Crippen MR) is 144 cm³/mol. The molecule has 0 aliphatic carbocycles. The van der Waals surface area contributed by atoms with Crippen molar-refractivity contribution in [1.29, 1.82) is 0 Å². The number of aromatic nitrogens is 1. The number of pyridine rings is 1. The Labute approximate surface area is 220 Å². The molecule has 1 aromatic heterocycles. The second-order valence-corrected chi connectivity index (χ2v) is 9.63. The van der Waals surface area contributed by atoms with Gasteiger partial charge in [0.25, 0.3) is 10.1 Å². The van der Waals surface area contributed by atoms with Gasteiger partial charge in [-0.3, -0.25) is 9.17 Å². The van der Waals surface area contributed by atoms with Crippen LogP contribution in [0.5, 0.6) is 5.75 Å². The smallest absolute Gasteiger partial charge is 0.297 e. The van der Waals surface area contributed by atoms with Crippen LogP contribution >= 0.6 is 0 Å². The summed E-state index contributed by atoms with van der Waals surface area (Å²) in [6, 6.07) is 15.9. The number of ether oxygens (including phenoxy) is 2. The summed E-state index contributed by atoms with van der Waals surface area (Å²) in [6.45, 7) is -3.04. The van der Waals surface area contributed by atoms with E-state index in [1.54, 1.807) is 12.3 Å². The topological polar surface area (TPSA) is 78.0 Å². The van der Waals surface area contributed by atoms with Crippen LogP contribution in [-0.4, -0.2) is 53.8 Å². The van der Waals surface area contributed by atoms with Gasteiger partial charge in [-0.25, -0.2) is 0 Å². The van der Waals surface area contributed by atoms with E-state index in [0.717, 1.165) is 16.8 Å². The monoisotopic (exact) mass is 514 g/mol. The minimum absolute atomic E-state index is 0.0654. The first-order valence-corrected chi connectivity index (χ1v) is 12.9. The van der Waals surface area contributed by atoms with Gasteiger partial charge in [-0.1, -0.05) is 36.4 Å². The van der Waals surface area contributed by atoms with Crippen LogP contribution < -0.4 is 9.64 Å². The second kappa shape index (κ2) is 13.2. The molecule has 3 aromatic rings. The Bertz CT molecular complexity index is 1410. The quantitative estimate of drug-likeness (QED) is 0.297. The first-order chi connectivity index (χ1) is 18.8. The maximum absolute atomic E-state index is 12.3. The van der Waals surface area contributed by atoms with Crippen LogP contribution in [0.15, 0.2) is 65.7 Å². The molecule has 0 aliphatic rings. The maximum atomic E-state index is 12.3. The Morgan fingerprint density at radius 2 is 1.72 bits per heavy atom. The Hall–Kier alpha value is -3.20. The van der Waals surface area contributed by atoms with E-state index in [0.29, 0.717) is 5.69 Å². The molecule has 0 N–H and O–H groups in total. The van der Waals surface area contributed by atoms with Gasteiger partial charge in [0.2, 0.25) is 0 Å². The summed E-state index contributed by atoms with van der Waals surface area (Å²) in [7, 11) is -0.0876. The van der Waals surface area contributed by atoms with Gasteiger partial charge in [0.05, 0.1) is 25.3 Å². The number of hydrogen-bond acceptors (Lipinski definition) is 7. The molecule has 7 nitrogen and oxygen atoms in total. The lowest BCUT2D eigenvalue weighted by Gasteiger charge is -2.13. The van der Waals surface area contributed by atoms with Gasteiger partial charge in [-0.05, 0) is 55.3 Å². The maximum Gasteiger partial charge on any atom is 0.297 e. The Morgan fingerprint density at radius 1 is 1.00 bits per heavy atom. The third kappa shape index (κ3) is 7.91. The van der Waals surface area contributed by atoms with E-state index in [4.69, 9.17) is 19.1 Å². The van der Waals surface area contributed by atoms with E-state index >= 15 is 0 Å². The first-order valence-electron chi connectivity index (χ1n) is 13.5. The van der Waals surface area contributed by atoms with E-state index in [2.05, 4.69) is 4.98 Å². The van der Waals surface area contributed by atoms with Crippen LogP contribution in [0.25, 0.3) is 12.2 Å². The van der Waals surface area contributed by atoms with Crippen molar-refractivity contribution in [2.75, 3.05) is 45.3 Å². The van der Waals surface area contributed by atoms with Gasteiger partial charge in [-0.2, -0.15) is 8.42 Å². The molecule has 0 bridgehead atoms. The van der Waals surface area contributed by atoms with Gasteiger partial charge in [-0.15, -0.1) is 0 Å². The minimum atomic E-state index is -4.07. The molecule has 0 aliphatic heterocycles. The lowest BCUT2D eigenvalue weighted by molar-refractivity contribution is 0.102. The molecule has 0 spiro atoms. The van der Waals surface area contributed by atoms with Gasteiger partial charge in [0, 0.05) is 43.7 Å². The zero-order chi connectivity index (χ0) is 29.6. The van der Waals surface area contributed by atoms with Crippen molar-refractivity contribution < 1.29 is 27.6 Å². The fraction of sp³-hybridized carbons (Fsp3) is 0.321. The van der Waals surface area contributed by atoms with Crippen molar-refractivity contribution in [2.24, 2.45) is 0 Å². The van der Waals surface area contributed by atoms with Crippen molar-refractivity contribution in [3.05, 3.63) is 83.2 Å². The largest absolute Gasteiger partial charge is 0.491 e. The van der Waals surface area contributed by atoms with Crippen LogP contribution in [0, 0.1) is 6.92 Å². The highest BCUT2D eigenvalue weighted by Crippen LogP contribution is 2.26. The molecule has 0 amide bonds. The zero-order valence-corrected chi connectivity index (χ0v) is 21.7. The van der Waals surface area contributed by atoms with Crippen LogP contribution in [0.2, 0.25) is 0 Å². The fourth-order valence-electron chi connectivity index (χ4n) is 3.26. The van der Waals surface area contributed by atoms with Crippen molar-refractivity contribution in [2.45, 2.75) is 25.2 Å². The number of anilines is 1. The molecular weight excluding hydrogens is 476 g/mol. The van der Waals surface area contributed by atoms with Gasteiger partial charge >= 0.3 is 0 Å². The van der Waals surface area contributed by atoms with E-state index in [-0.39, 0.29) is 35.8 Å². The highest BCUT2D eigenvalue weighted by atomic mass is 32.2. The van der Waals surface area contributed by atoms with Crippen molar-refractivity contribution in [3.8, 4) is 5.75 Å². The second-order valence-electron chi connectivity index (χ2n) is 8.05. The lowest BCUT2D eigenvalue weighted by Crippen LogP contribution is -2.12. The standard InChI is InChI=1S/C28H34N2O5S/c1-5-35-36(31,32)28-8-6-7-27(22(28)2)34-20-19-33-18-17-25-14-11-24(21-29-25)10-9-23-12-15-26(16-13-23)30(3)4/h6-16,21H,5,17-20H2,1-4H3/i19D2,20D2. The van der Waals surface area contributed by atoms with Crippen LogP contribution in [0.3, 0.4) is 0 Å². The summed E-state index contributed by atoms with van der Waals surface area (Å²) in [5.41, 5.74) is 3.81. The summed E-state index contributed by atoms with van der Waals surface area (Å²) < 4.78 is 72.6. The molecule has 0 saturated heterocycles. The van der Waals surface area contributed by atoms with E-state index in [9.17, 15) is 8.42 Å². The highest BCUT2D eigenvalue weighted by Gasteiger charge is 2.19. The summed E-state index contributed by atoms with van der Waals surface area (Å²) in [4.78, 5) is 6.23. The lowest BCUT2D eigenvalue weighted by atomic mass is 10.1. The van der Waals surface area contributed by atoms with Crippen LogP contribution in [-0.2, 0) is 25.5 Å². The summed E-state index contributed by atoms with van der Waals surface area (Å²) in [5.74, 6) is -0.141. The third-order valence-electron chi connectivity index (χ3n) is 5.24. The van der Waals surface area contributed by atoms with Crippen molar-refractivity contribution in [1.82, 2.24) is 4.98 Å². The highest BCUT2D eigenvalue weighted by molar-refractivity contribution is 7.86. The summed E-state index contributed by atoms with van der Waals surface area (Å²) in [5, 5.41) is 0. The first kappa shape index (κ1) is 22.0. The molecule has 0 fully saturated rings. The molecule has 192 valence electrons. The molecule has 0 saturated carbocycles. The predicted octanol–water partition coefficient (Wildman–Crippen LogP) is 4.99.